The summed E-state index contributed by atoms with van der Waals surface area (Å²) in [5, 5.41) is 5.90. The number of nitrogens with zero attached hydrogens (tertiary/aromatic N) is 1. The molecule has 1 aliphatic heterocycles. The Morgan fingerprint density at radius 3 is 2.33 bits per heavy atom. The molecule has 182 valence electrons. The second-order valence-electron chi connectivity index (χ2n) is 7.80. The van der Waals surface area contributed by atoms with E-state index < -0.39 is 17.8 Å². The monoisotopic (exact) mass is 523 g/mol. The molecule has 36 heavy (non-hydrogen) atoms. The molecular weight excluding hydrogens is 505 g/mol. The third-order valence-electron chi connectivity index (χ3n) is 5.38. The van der Waals surface area contributed by atoms with Gasteiger partial charge in [0, 0.05) is 22.0 Å². The maximum absolute atomic E-state index is 13.1. The molecule has 0 radical (unpaired) electrons. The number of rotatable bonds is 6. The summed E-state index contributed by atoms with van der Waals surface area (Å²) < 4.78 is 4.69. The number of amides is 3. The number of hydrogen-bond donors (Lipinski definition) is 2. The third-order valence-corrected chi connectivity index (χ3v) is 5.97. The van der Waals surface area contributed by atoms with E-state index in [1.165, 1.54) is 37.4 Å². The van der Waals surface area contributed by atoms with Crippen molar-refractivity contribution in [2.45, 2.75) is 6.92 Å². The lowest BCUT2D eigenvalue weighted by Gasteiger charge is -2.16. The minimum absolute atomic E-state index is 0.156. The number of methoxy groups -OCH3 is 1. The molecule has 0 atom stereocenters. The van der Waals surface area contributed by atoms with Gasteiger partial charge in [-0.15, -0.1) is 0 Å². The Kier molecular flexibility index (Phi) is 7.10. The molecule has 3 aromatic carbocycles. The van der Waals surface area contributed by atoms with E-state index in [1.54, 1.807) is 36.4 Å². The van der Waals surface area contributed by atoms with Crippen LogP contribution in [-0.4, -0.2) is 30.8 Å². The van der Waals surface area contributed by atoms with Gasteiger partial charge in [0.2, 0.25) is 0 Å². The van der Waals surface area contributed by atoms with Gasteiger partial charge < -0.3 is 15.4 Å². The van der Waals surface area contributed by atoms with Gasteiger partial charge in [-0.3, -0.25) is 14.4 Å². The van der Waals surface area contributed by atoms with Crippen molar-refractivity contribution < 1.29 is 23.9 Å². The van der Waals surface area contributed by atoms with E-state index in [0.717, 1.165) is 10.5 Å². The highest BCUT2D eigenvalue weighted by molar-refractivity contribution is 6.53. The lowest BCUT2D eigenvalue weighted by Crippen LogP contribution is -2.32. The van der Waals surface area contributed by atoms with Crippen LogP contribution in [0.25, 0.3) is 0 Å². The second kappa shape index (κ2) is 10.2. The van der Waals surface area contributed by atoms with Gasteiger partial charge in [-0.25, -0.2) is 9.69 Å². The number of nitrogens with one attached hydrogen (secondary N) is 2. The Balaban J connectivity index is 1.55. The van der Waals surface area contributed by atoms with Crippen molar-refractivity contribution in [1.82, 2.24) is 0 Å². The summed E-state index contributed by atoms with van der Waals surface area (Å²) in [7, 11) is 1.23. The van der Waals surface area contributed by atoms with Crippen LogP contribution in [0, 0.1) is 6.92 Å². The molecule has 0 aliphatic carbocycles. The highest BCUT2D eigenvalue weighted by Gasteiger charge is 2.39. The maximum Gasteiger partial charge on any atom is 0.337 e. The van der Waals surface area contributed by atoms with Gasteiger partial charge in [0.1, 0.15) is 10.7 Å². The first-order valence-corrected chi connectivity index (χ1v) is 11.4. The molecule has 0 spiro atoms. The van der Waals surface area contributed by atoms with Gasteiger partial charge in [0.25, 0.3) is 17.7 Å². The van der Waals surface area contributed by atoms with E-state index in [9.17, 15) is 19.2 Å². The van der Waals surface area contributed by atoms with E-state index in [-0.39, 0.29) is 27.9 Å². The Morgan fingerprint density at radius 2 is 1.61 bits per heavy atom. The molecule has 2 N–H and O–H groups in total. The summed E-state index contributed by atoms with van der Waals surface area (Å²) in [6.45, 7) is 1.82. The number of ether oxygens (including phenoxy) is 1. The number of benzene rings is 3. The maximum atomic E-state index is 13.1. The molecule has 4 rings (SSSR count). The van der Waals surface area contributed by atoms with Crippen molar-refractivity contribution in [1.29, 1.82) is 0 Å². The van der Waals surface area contributed by atoms with Crippen molar-refractivity contribution >= 4 is 64.0 Å². The van der Waals surface area contributed by atoms with Crippen molar-refractivity contribution in [3.05, 3.63) is 99.2 Å². The third kappa shape index (κ3) is 4.95. The summed E-state index contributed by atoms with van der Waals surface area (Å²) >= 11 is 12.2. The van der Waals surface area contributed by atoms with Crippen molar-refractivity contribution in [3.63, 3.8) is 0 Å². The van der Waals surface area contributed by atoms with Gasteiger partial charge in [0.15, 0.2) is 0 Å². The molecule has 10 heteroatoms. The van der Waals surface area contributed by atoms with Crippen LogP contribution in [0.2, 0.25) is 5.02 Å². The fourth-order valence-electron chi connectivity index (χ4n) is 3.58. The highest BCUT2D eigenvalue weighted by Crippen LogP contribution is 2.31. The molecule has 1 heterocycles. The molecule has 3 aromatic rings. The summed E-state index contributed by atoms with van der Waals surface area (Å²) in [5.74, 6) is -2.45. The first-order valence-electron chi connectivity index (χ1n) is 10.6. The van der Waals surface area contributed by atoms with Crippen LogP contribution in [-0.2, 0) is 14.3 Å². The Labute approximate surface area is 216 Å². The normalized spacial score (nSPS) is 13.2. The van der Waals surface area contributed by atoms with Crippen LogP contribution in [0.1, 0.15) is 26.3 Å². The van der Waals surface area contributed by atoms with E-state index in [0.29, 0.717) is 22.0 Å². The van der Waals surface area contributed by atoms with Crippen molar-refractivity contribution in [2.24, 2.45) is 0 Å². The number of halogens is 2. The summed E-state index contributed by atoms with van der Waals surface area (Å²) in [4.78, 5) is 51.4. The molecule has 0 aromatic heterocycles. The fraction of sp³-hybridized carbons (Fsp3) is 0.0769. The molecule has 0 saturated carbocycles. The predicted octanol–water partition coefficient (Wildman–Crippen LogP) is 5.12. The van der Waals surface area contributed by atoms with E-state index in [2.05, 4.69) is 10.6 Å². The molecule has 8 nitrogen and oxygen atoms in total. The smallest absolute Gasteiger partial charge is 0.337 e. The Bertz CT molecular complexity index is 1450. The second-order valence-corrected chi connectivity index (χ2v) is 8.61. The number of carbonyl (C=O) groups excluding carboxylic acids is 4. The number of imide groups is 1. The standard InChI is InChI=1S/C26H19Cl2N3O5/c1-14-11-17(27)9-10-20(14)30-23(32)15-5-3-7-18(12-15)29-22-21(28)24(33)31(25(22)34)19-8-4-6-16(13-19)26(35)36-2/h3-13,29H,1-2H3,(H,30,32). The van der Waals surface area contributed by atoms with Crippen LogP contribution >= 0.6 is 23.2 Å². The zero-order valence-corrected chi connectivity index (χ0v) is 20.6. The van der Waals surface area contributed by atoms with Crippen molar-refractivity contribution in [3.8, 4) is 0 Å². The Morgan fingerprint density at radius 1 is 0.889 bits per heavy atom. The number of aryl methyl sites for hydroxylation is 1. The Hall–Kier alpha value is -4.14. The summed E-state index contributed by atoms with van der Waals surface area (Å²) in [6.07, 6.45) is 0. The molecular formula is C26H19Cl2N3O5. The lowest BCUT2D eigenvalue weighted by molar-refractivity contribution is -0.120. The number of esters is 1. The molecule has 0 unspecified atom stereocenters. The average molecular weight is 524 g/mol. The van der Waals surface area contributed by atoms with Crippen molar-refractivity contribution in [2.75, 3.05) is 22.6 Å². The van der Waals surface area contributed by atoms with E-state index >= 15 is 0 Å². The molecule has 0 fully saturated rings. The lowest BCUT2D eigenvalue weighted by atomic mass is 10.1. The van der Waals surface area contributed by atoms with Crippen LogP contribution in [0.15, 0.2) is 77.5 Å². The van der Waals surface area contributed by atoms with Gasteiger partial charge in [-0.05, 0) is 67.1 Å². The first-order chi connectivity index (χ1) is 17.2. The van der Waals surface area contributed by atoms with Crippen LogP contribution < -0.4 is 15.5 Å². The minimum atomic E-state index is -0.752. The molecule has 1 aliphatic rings. The topological polar surface area (TPSA) is 105 Å². The fourth-order valence-corrected chi connectivity index (χ4v) is 4.02. The van der Waals surface area contributed by atoms with Crippen LogP contribution in [0.5, 0.6) is 0 Å². The highest BCUT2D eigenvalue weighted by atomic mass is 35.5. The number of hydrogen-bond acceptors (Lipinski definition) is 6. The molecule has 3 amide bonds. The summed E-state index contributed by atoms with van der Waals surface area (Å²) in [6, 6.07) is 17.4. The zero-order chi connectivity index (χ0) is 26.0. The van der Waals surface area contributed by atoms with Crippen LogP contribution in [0.3, 0.4) is 0 Å². The number of carbonyl (C=O) groups is 4. The predicted molar refractivity (Wildman–Crippen MR) is 137 cm³/mol. The molecule has 0 saturated heterocycles. The minimum Gasteiger partial charge on any atom is -0.465 e. The first kappa shape index (κ1) is 25.0. The van der Waals surface area contributed by atoms with Gasteiger partial charge >= 0.3 is 5.97 Å². The largest absolute Gasteiger partial charge is 0.465 e. The number of anilines is 3. The van der Waals surface area contributed by atoms with E-state index in [4.69, 9.17) is 27.9 Å². The van der Waals surface area contributed by atoms with Gasteiger partial charge in [-0.2, -0.15) is 0 Å². The summed E-state index contributed by atoms with van der Waals surface area (Å²) in [5.41, 5.74) is 2.26. The van der Waals surface area contributed by atoms with Gasteiger partial charge in [-0.1, -0.05) is 35.3 Å². The SMILES string of the molecule is COC(=O)c1cccc(N2C(=O)C(Cl)=C(Nc3cccc(C(=O)Nc4ccc(Cl)cc4C)c3)C2=O)c1. The zero-order valence-electron chi connectivity index (χ0n) is 19.1. The van der Waals surface area contributed by atoms with E-state index in [1.807, 2.05) is 6.92 Å². The van der Waals surface area contributed by atoms with Crippen LogP contribution in [0.4, 0.5) is 17.1 Å². The quantitative estimate of drug-likeness (QED) is 0.343. The average Bonchev–Trinajstić information content (AvgIpc) is 3.08. The van der Waals surface area contributed by atoms with Gasteiger partial charge in [0.05, 0.1) is 18.4 Å². The molecule has 0 bridgehead atoms.